The fourth-order valence-corrected chi connectivity index (χ4v) is 2.65. The molecule has 0 aliphatic rings. The van der Waals surface area contributed by atoms with E-state index < -0.39 is 29.0 Å². The lowest BCUT2D eigenvalue weighted by molar-refractivity contribution is 0.102. The van der Waals surface area contributed by atoms with E-state index in [9.17, 15) is 18.0 Å². The Labute approximate surface area is 159 Å². The molecule has 3 aromatic rings. The molecule has 0 unspecified atom stereocenters. The lowest BCUT2D eigenvalue weighted by Gasteiger charge is -2.21. The highest BCUT2D eigenvalue weighted by Crippen LogP contribution is 2.23. The van der Waals surface area contributed by atoms with Gasteiger partial charge in [-0.15, -0.1) is 0 Å². The lowest BCUT2D eigenvalue weighted by atomic mass is 10.2. The monoisotopic (exact) mass is 386 g/mol. The summed E-state index contributed by atoms with van der Waals surface area (Å²) in [5.41, 5.74) is 1.39. The minimum atomic E-state index is -1.65. The van der Waals surface area contributed by atoms with E-state index in [2.05, 4.69) is 15.3 Å². The number of benzene rings is 2. The summed E-state index contributed by atoms with van der Waals surface area (Å²) in [6.45, 7) is 4.42. The molecule has 0 radical (unpaired) electrons. The number of aryl methyl sites for hydroxylation is 1. The van der Waals surface area contributed by atoms with Gasteiger partial charge < -0.3 is 10.2 Å². The second-order valence-corrected chi connectivity index (χ2v) is 6.00. The van der Waals surface area contributed by atoms with Crippen LogP contribution < -0.4 is 10.2 Å². The van der Waals surface area contributed by atoms with E-state index in [4.69, 9.17) is 0 Å². The Hall–Kier alpha value is -3.42. The van der Waals surface area contributed by atoms with Gasteiger partial charge in [-0.05, 0) is 49.7 Å². The summed E-state index contributed by atoms with van der Waals surface area (Å²) in [5.74, 6) is -4.95. The Kier molecular flexibility index (Phi) is 5.58. The number of anilines is 3. The van der Waals surface area contributed by atoms with Crippen LogP contribution in [0.5, 0.6) is 0 Å². The molecule has 8 heteroatoms. The highest BCUT2D eigenvalue weighted by atomic mass is 19.2. The van der Waals surface area contributed by atoms with Gasteiger partial charge in [0.2, 0.25) is 5.95 Å². The van der Waals surface area contributed by atoms with E-state index in [-0.39, 0.29) is 11.6 Å². The highest BCUT2D eigenvalue weighted by Gasteiger charge is 2.18. The van der Waals surface area contributed by atoms with Gasteiger partial charge in [0.05, 0.1) is 5.69 Å². The first-order chi connectivity index (χ1) is 13.4. The van der Waals surface area contributed by atoms with Gasteiger partial charge in [-0.1, -0.05) is 12.1 Å². The SMILES string of the molecule is CCN(c1cccc(C)c1)c1nccc(C(=O)Nc2ccc(F)c(F)c2F)n1. The maximum atomic E-state index is 13.8. The average Bonchev–Trinajstić information content (AvgIpc) is 2.69. The van der Waals surface area contributed by atoms with Crippen LogP contribution in [0, 0.1) is 24.4 Å². The zero-order valence-electron chi connectivity index (χ0n) is 15.2. The number of hydrogen-bond acceptors (Lipinski definition) is 4. The molecule has 1 heterocycles. The summed E-state index contributed by atoms with van der Waals surface area (Å²) < 4.78 is 40.2. The Morgan fingerprint density at radius 1 is 1.11 bits per heavy atom. The van der Waals surface area contributed by atoms with Crippen molar-refractivity contribution in [3.05, 3.63) is 77.4 Å². The lowest BCUT2D eigenvalue weighted by Crippen LogP contribution is -2.21. The van der Waals surface area contributed by atoms with Crippen LogP contribution in [0.15, 0.2) is 48.7 Å². The fourth-order valence-electron chi connectivity index (χ4n) is 2.65. The maximum absolute atomic E-state index is 13.8. The zero-order valence-corrected chi connectivity index (χ0v) is 15.2. The van der Waals surface area contributed by atoms with Gasteiger partial charge in [-0.2, -0.15) is 0 Å². The summed E-state index contributed by atoms with van der Waals surface area (Å²) >= 11 is 0. The molecule has 0 saturated heterocycles. The topological polar surface area (TPSA) is 58.1 Å². The van der Waals surface area contributed by atoms with Crippen LogP contribution in [0.2, 0.25) is 0 Å². The van der Waals surface area contributed by atoms with E-state index in [0.717, 1.165) is 23.4 Å². The molecule has 0 bridgehead atoms. The van der Waals surface area contributed by atoms with Crippen molar-refractivity contribution < 1.29 is 18.0 Å². The molecule has 1 aromatic heterocycles. The molecule has 144 valence electrons. The van der Waals surface area contributed by atoms with Crippen molar-refractivity contribution in [2.24, 2.45) is 0 Å². The maximum Gasteiger partial charge on any atom is 0.274 e. The van der Waals surface area contributed by atoms with E-state index >= 15 is 0 Å². The highest BCUT2D eigenvalue weighted by molar-refractivity contribution is 6.03. The number of rotatable bonds is 5. The molecule has 0 fully saturated rings. The molecule has 0 aliphatic carbocycles. The third kappa shape index (κ3) is 3.95. The fraction of sp³-hybridized carbons (Fsp3) is 0.150. The van der Waals surface area contributed by atoms with Gasteiger partial charge in [0.15, 0.2) is 17.5 Å². The molecule has 0 aliphatic heterocycles. The van der Waals surface area contributed by atoms with E-state index in [1.807, 2.05) is 43.0 Å². The molecule has 2 aromatic carbocycles. The van der Waals surface area contributed by atoms with Crippen LogP contribution in [-0.2, 0) is 0 Å². The quantitative estimate of drug-likeness (QED) is 0.651. The second kappa shape index (κ2) is 8.08. The van der Waals surface area contributed by atoms with Crippen molar-refractivity contribution in [2.45, 2.75) is 13.8 Å². The van der Waals surface area contributed by atoms with Crippen molar-refractivity contribution in [3.8, 4) is 0 Å². The first-order valence-electron chi connectivity index (χ1n) is 8.52. The summed E-state index contributed by atoms with van der Waals surface area (Å²) in [4.78, 5) is 22.6. The van der Waals surface area contributed by atoms with Crippen LogP contribution in [0.3, 0.4) is 0 Å². The third-order valence-corrected chi connectivity index (χ3v) is 4.03. The summed E-state index contributed by atoms with van der Waals surface area (Å²) in [5, 5.41) is 2.20. The number of carbonyl (C=O) groups excluding carboxylic acids is 1. The number of aromatic nitrogens is 2. The number of amides is 1. The van der Waals surface area contributed by atoms with Crippen LogP contribution in [0.1, 0.15) is 23.0 Å². The molecule has 1 N–H and O–H groups in total. The minimum absolute atomic E-state index is 0.0414. The second-order valence-electron chi connectivity index (χ2n) is 6.00. The normalized spacial score (nSPS) is 10.6. The summed E-state index contributed by atoms with van der Waals surface area (Å²) in [6, 6.07) is 10.7. The summed E-state index contributed by atoms with van der Waals surface area (Å²) in [7, 11) is 0. The minimum Gasteiger partial charge on any atom is -0.318 e. The average molecular weight is 386 g/mol. The molecule has 0 spiro atoms. The molecule has 0 atom stereocenters. The molecule has 5 nitrogen and oxygen atoms in total. The van der Waals surface area contributed by atoms with E-state index in [1.165, 1.54) is 12.3 Å². The van der Waals surface area contributed by atoms with Gasteiger partial charge >= 0.3 is 0 Å². The largest absolute Gasteiger partial charge is 0.318 e. The van der Waals surface area contributed by atoms with E-state index in [1.54, 1.807) is 0 Å². The molecule has 1 amide bonds. The van der Waals surface area contributed by atoms with Crippen molar-refractivity contribution >= 4 is 23.2 Å². The number of halogens is 3. The molecule has 0 saturated carbocycles. The van der Waals surface area contributed by atoms with Crippen molar-refractivity contribution in [2.75, 3.05) is 16.8 Å². The number of nitrogens with zero attached hydrogens (tertiary/aromatic N) is 3. The molecule has 28 heavy (non-hydrogen) atoms. The van der Waals surface area contributed by atoms with Gasteiger partial charge in [-0.3, -0.25) is 4.79 Å². The van der Waals surface area contributed by atoms with Crippen molar-refractivity contribution in [1.29, 1.82) is 0 Å². The van der Waals surface area contributed by atoms with Crippen molar-refractivity contribution in [1.82, 2.24) is 9.97 Å². The predicted octanol–water partition coefficient (Wildman–Crippen LogP) is 4.61. The van der Waals surface area contributed by atoms with Crippen LogP contribution in [0.4, 0.5) is 30.5 Å². The third-order valence-electron chi connectivity index (χ3n) is 4.03. The van der Waals surface area contributed by atoms with Gasteiger partial charge in [0, 0.05) is 18.4 Å². The van der Waals surface area contributed by atoms with Crippen LogP contribution in [0.25, 0.3) is 0 Å². The smallest absolute Gasteiger partial charge is 0.274 e. The summed E-state index contributed by atoms with van der Waals surface area (Å²) in [6.07, 6.45) is 1.40. The Balaban J connectivity index is 1.88. The van der Waals surface area contributed by atoms with Gasteiger partial charge in [-0.25, -0.2) is 23.1 Å². The van der Waals surface area contributed by atoms with Gasteiger partial charge in [0.25, 0.3) is 5.91 Å². The van der Waals surface area contributed by atoms with Crippen LogP contribution >= 0.6 is 0 Å². The zero-order chi connectivity index (χ0) is 20.3. The first-order valence-corrected chi connectivity index (χ1v) is 8.52. The molecular formula is C20H17F3N4O. The van der Waals surface area contributed by atoms with Crippen molar-refractivity contribution in [3.63, 3.8) is 0 Å². The van der Waals surface area contributed by atoms with E-state index in [0.29, 0.717) is 6.54 Å². The first kappa shape index (κ1) is 19.3. The Morgan fingerprint density at radius 3 is 2.61 bits per heavy atom. The Bertz CT molecular complexity index is 1030. The molecular weight excluding hydrogens is 369 g/mol. The number of hydrogen-bond donors (Lipinski definition) is 1. The number of carbonyl (C=O) groups is 1. The number of nitrogens with one attached hydrogen (secondary N) is 1. The molecule has 3 rings (SSSR count). The van der Waals surface area contributed by atoms with Gasteiger partial charge in [0.1, 0.15) is 5.69 Å². The Morgan fingerprint density at radius 2 is 1.89 bits per heavy atom. The standard InChI is InChI=1S/C20H17F3N4O/c1-3-27(13-6-4-5-12(2)11-13)20-24-10-9-16(26-20)19(28)25-15-8-7-14(21)17(22)18(15)23/h4-11H,3H2,1-2H3,(H,25,28). The van der Waals surface area contributed by atoms with Crippen LogP contribution in [-0.4, -0.2) is 22.4 Å². The predicted molar refractivity (Wildman–Crippen MR) is 100 cm³/mol.